The quantitative estimate of drug-likeness (QED) is 0.756. The maximum absolute atomic E-state index is 12.3. The van der Waals surface area contributed by atoms with Crippen molar-refractivity contribution in [2.24, 2.45) is 5.92 Å². The Morgan fingerprint density at radius 3 is 2.59 bits per heavy atom. The molecule has 0 fully saturated rings. The number of carbonyl (C=O) groups excluding carboxylic acids is 1. The highest BCUT2D eigenvalue weighted by Gasteiger charge is 2.20. The molecule has 0 atom stereocenters. The number of ether oxygens (including phenoxy) is 1. The van der Waals surface area contributed by atoms with Crippen molar-refractivity contribution in [1.82, 2.24) is 10.0 Å². The van der Waals surface area contributed by atoms with Gasteiger partial charge in [-0.25, -0.2) is 13.1 Å². The third-order valence-corrected chi connectivity index (χ3v) is 4.50. The number of rotatable bonds is 8. The zero-order valence-electron chi connectivity index (χ0n) is 13.5. The largest absolute Gasteiger partial charge is 0.495 e. The van der Waals surface area contributed by atoms with Crippen molar-refractivity contribution in [2.45, 2.75) is 32.1 Å². The molecule has 0 aliphatic carbocycles. The van der Waals surface area contributed by atoms with Crippen LogP contribution < -0.4 is 14.8 Å². The molecular weight excluding hydrogens is 304 g/mol. The van der Waals surface area contributed by atoms with Crippen molar-refractivity contribution >= 4 is 15.9 Å². The summed E-state index contributed by atoms with van der Waals surface area (Å²) in [4.78, 5) is 11.7. The van der Waals surface area contributed by atoms with E-state index in [1.807, 2.05) is 0 Å². The number of methoxy groups -OCH3 is 1. The highest BCUT2D eigenvalue weighted by atomic mass is 32.2. The summed E-state index contributed by atoms with van der Waals surface area (Å²) in [5.74, 6) is 0.378. The smallest absolute Gasteiger partial charge is 0.244 e. The molecule has 0 heterocycles. The van der Waals surface area contributed by atoms with Crippen LogP contribution in [0.3, 0.4) is 0 Å². The predicted molar refractivity (Wildman–Crippen MR) is 85.4 cm³/mol. The van der Waals surface area contributed by atoms with Gasteiger partial charge in [-0.2, -0.15) is 0 Å². The summed E-state index contributed by atoms with van der Waals surface area (Å²) < 4.78 is 31.9. The van der Waals surface area contributed by atoms with E-state index < -0.39 is 10.0 Å². The second kappa shape index (κ2) is 8.14. The predicted octanol–water partition coefficient (Wildman–Crippen LogP) is 1.44. The Labute approximate surface area is 132 Å². The lowest BCUT2D eigenvalue weighted by Crippen LogP contribution is -2.37. The average molecular weight is 328 g/mol. The van der Waals surface area contributed by atoms with Gasteiger partial charge < -0.3 is 10.1 Å². The number of hydrogen-bond donors (Lipinski definition) is 2. The molecule has 0 aliphatic heterocycles. The lowest BCUT2D eigenvalue weighted by atomic mass is 10.1. The van der Waals surface area contributed by atoms with Gasteiger partial charge in [-0.3, -0.25) is 4.79 Å². The Morgan fingerprint density at radius 1 is 1.32 bits per heavy atom. The molecule has 2 N–H and O–H groups in total. The van der Waals surface area contributed by atoms with Gasteiger partial charge in [-0.1, -0.05) is 19.9 Å². The Kier molecular flexibility index (Phi) is 6.83. The van der Waals surface area contributed by atoms with Crippen molar-refractivity contribution in [1.29, 1.82) is 0 Å². The standard InChI is InChI=1S/C15H24N2O4S/c1-11(2)7-8-16-15(18)10-17-22(19,20)14-9-12(3)5-6-13(14)21-4/h5-6,9,11,17H,7-8,10H2,1-4H3,(H,16,18). The van der Waals surface area contributed by atoms with E-state index in [4.69, 9.17) is 4.74 Å². The van der Waals surface area contributed by atoms with Crippen LogP contribution in [-0.4, -0.2) is 34.5 Å². The second-order valence-corrected chi connectivity index (χ2v) is 7.25. The second-order valence-electron chi connectivity index (χ2n) is 5.51. The molecule has 0 bridgehead atoms. The number of nitrogens with one attached hydrogen (secondary N) is 2. The number of hydrogen-bond acceptors (Lipinski definition) is 4. The maximum Gasteiger partial charge on any atom is 0.244 e. The van der Waals surface area contributed by atoms with Crippen LogP contribution in [0.15, 0.2) is 23.1 Å². The van der Waals surface area contributed by atoms with Crippen LogP contribution in [0.2, 0.25) is 0 Å². The minimum absolute atomic E-state index is 0.0324. The molecule has 22 heavy (non-hydrogen) atoms. The van der Waals surface area contributed by atoms with Gasteiger partial charge in [0.25, 0.3) is 0 Å². The molecule has 0 saturated carbocycles. The van der Waals surface area contributed by atoms with Gasteiger partial charge in [0.05, 0.1) is 13.7 Å². The molecule has 124 valence electrons. The van der Waals surface area contributed by atoms with Crippen LogP contribution in [-0.2, 0) is 14.8 Å². The van der Waals surface area contributed by atoms with E-state index >= 15 is 0 Å². The molecular formula is C15H24N2O4S. The molecule has 0 spiro atoms. The molecule has 0 aliphatic rings. The van der Waals surface area contributed by atoms with Gasteiger partial charge in [-0.15, -0.1) is 0 Å². The van der Waals surface area contributed by atoms with Crippen molar-refractivity contribution in [3.63, 3.8) is 0 Å². The first kappa shape index (κ1) is 18.4. The van der Waals surface area contributed by atoms with E-state index in [9.17, 15) is 13.2 Å². The van der Waals surface area contributed by atoms with Crippen molar-refractivity contribution in [3.05, 3.63) is 23.8 Å². The Hall–Kier alpha value is -1.60. The van der Waals surface area contributed by atoms with Gasteiger partial charge in [0.2, 0.25) is 15.9 Å². The summed E-state index contributed by atoms with van der Waals surface area (Å²) in [6.07, 6.45) is 0.851. The number of aryl methyl sites for hydroxylation is 1. The fourth-order valence-corrected chi connectivity index (χ4v) is 3.03. The molecule has 7 heteroatoms. The van der Waals surface area contributed by atoms with Crippen LogP contribution in [0.25, 0.3) is 0 Å². The molecule has 0 saturated heterocycles. The zero-order valence-corrected chi connectivity index (χ0v) is 14.3. The maximum atomic E-state index is 12.3. The van der Waals surface area contributed by atoms with E-state index in [1.165, 1.54) is 13.2 Å². The highest BCUT2D eigenvalue weighted by molar-refractivity contribution is 7.89. The summed E-state index contributed by atoms with van der Waals surface area (Å²) in [5.41, 5.74) is 0.794. The topological polar surface area (TPSA) is 84.5 Å². The molecule has 1 amide bonds. The summed E-state index contributed by atoms with van der Waals surface area (Å²) in [5, 5.41) is 2.68. The summed E-state index contributed by atoms with van der Waals surface area (Å²) >= 11 is 0. The van der Waals surface area contributed by atoms with E-state index in [1.54, 1.807) is 19.1 Å². The lowest BCUT2D eigenvalue weighted by molar-refractivity contribution is -0.119. The van der Waals surface area contributed by atoms with Crippen molar-refractivity contribution in [3.8, 4) is 5.75 Å². The van der Waals surface area contributed by atoms with Crippen molar-refractivity contribution < 1.29 is 17.9 Å². The summed E-state index contributed by atoms with van der Waals surface area (Å²) in [6.45, 7) is 6.14. The van der Waals surface area contributed by atoms with Crippen LogP contribution >= 0.6 is 0 Å². The number of benzene rings is 1. The lowest BCUT2D eigenvalue weighted by Gasteiger charge is -2.12. The molecule has 6 nitrogen and oxygen atoms in total. The average Bonchev–Trinajstić information content (AvgIpc) is 2.45. The third kappa shape index (κ3) is 5.65. The van der Waals surface area contributed by atoms with Crippen LogP contribution in [0.1, 0.15) is 25.8 Å². The minimum atomic E-state index is -3.80. The Morgan fingerprint density at radius 2 is 2.00 bits per heavy atom. The molecule has 1 rings (SSSR count). The van der Waals surface area contributed by atoms with Crippen molar-refractivity contribution in [2.75, 3.05) is 20.2 Å². The molecule has 0 aromatic heterocycles. The first-order valence-electron chi connectivity index (χ1n) is 7.17. The number of sulfonamides is 1. The van der Waals surface area contributed by atoms with E-state index in [0.29, 0.717) is 12.5 Å². The monoisotopic (exact) mass is 328 g/mol. The van der Waals surface area contributed by atoms with Gasteiger partial charge in [-0.05, 0) is 37.0 Å². The van der Waals surface area contributed by atoms with Crippen LogP contribution in [0, 0.1) is 12.8 Å². The van der Waals surface area contributed by atoms with E-state index in [-0.39, 0.29) is 23.1 Å². The molecule has 1 aromatic rings. The van der Waals surface area contributed by atoms with Gasteiger partial charge >= 0.3 is 0 Å². The van der Waals surface area contributed by atoms with Gasteiger partial charge in [0, 0.05) is 6.54 Å². The summed E-state index contributed by atoms with van der Waals surface area (Å²) in [6, 6.07) is 4.86. The molecule has 0 unspecified atom stereocenters. The number of amides is 1. The fourth-order valence-electron chi connectivity index (χ4n) is 1.79. The van der Waals surface area contributed by atoms with Gasteiger partial charge in [0.1, 0.15) is 10.6 Å². The Balaban J connectivity index is 2.68. The van der Waals surface area contributed by atoms with Crippen LogP contribution in [0.4, 0.5) is 0 Å². The summed E-state index contributed by atoms with van der Waals surface area (Å²) in [7, 11) is -2.39. The molecule has 0 radical (unpaired) electrons. The minimum Gasteiger partial charge on any atom is -0.495 e. The first-order chi connectivity index (χ1) is 10.3. The van der Waals surface area contributed by atoms with E-state index in [2.05, 4.69) is 23.9 Å². The molecule has 1 aromatic carbocycles. The highest BCUT2D eigenvalue weighted by Crippen LogP contribution is 2.24. The third-order valence-electron chi connectivity index (χ3n) is 3.08. The number of carbonyl (C=O) groups is 1. The normalized spacial score (nSPS) is 11.5. The van der Waals surface area contributed by atoms with E-state index in [0.717, 1.165) is 12.0 Å². The Bertz CT molecular complexity index is 612. The van der Waals surface area contributed by atoms with Gasteiger partial charge in [0.15, 0.2) is 0 Å². The SMILES string of the molecule is COc1ccc(C)cc1S(=O)(=O)NCC(=O)NCCC(C)C. The fraction of sp³-hybridized carbons (Fsp3) is 0.533. The van der Waals surface area contributed by atoms with Crippen LogP contribution in [0.5, 0.6) is 5.75 Å². The zero-order chi connectivity index (χ0) is 16.8. The first-order valence-corrected chi connectivity index (χ1v) is 8.65.